The Morgan fingerprint density at radius 3 is 2.88 bits per heavy atom. The predicted octanol–water partition coefficient (Wildman–Crippen LogP) is 2.48. The van der Waals surface area contributed by atoms with Gasteiger partial charge in [0.15, 0.2) is 11.5 Å². The molecule has 4 rings (SSSR count). The lowest BCUT2D eigenvalue weighted by molar-refractivity contribution is 0.174. The van der Waals surface area contributed by atoms with Gasteiger partial charge in [0.25, 0.3) is 0 Å². The molecule has 0 unspecified atom stereocenters. The monoisotopic (exact) mass is 324 g/mol. The van der Waals surface area contributed by atoms with Gasteiger partial charge in [-0.3, -0.25) is 5.10 Å². The third-order valence-corrected chi connectivity index (χ3v) is 4.28. The van der Waals surface area contributed by atoms with Crippen LogP contribution in [0.4, 0.5) is 0 Å². The Bertz CT molecular complexity index is 892. The highest BCUT2D eigenvalue weighted by molar-refractivity contribution is 5.58. The average molecular weight is 324 g/mol. The molecule has 7 heteroatoms. The number of benzene rings is 1. The molecule has 0 fully saturated rings. The third kappa shape index (κ3) is 2.00. The third-order valence-electron chi connectivity index (χ3n) is 4.28. The highest BCUT2D eigenvalue weighted by Crippen LogP contribution is 2.46. The Kier molecular flexibility index (Phi) is 3.13. The molecule has 3 N–H and O–H groups in total. The van der Waals surface area contributed by atoms with E-state index < -0.39 is 0 Å². The summed E-state index contributed by atoms with van der Waals surface area (Å²) in [6.07, 6.45) is 0. The number of H-pyrrole nitrogens is 1. The number of nitriles is 1. The van der Waals surface area contributed by atoms with Crippen LogP contribution in [0.1, 0.15) is 42.5 Å². The number of nitrogens with two attached hydrogens (primary N) is 1. The summed E-state index contributed by atoms with van der Waals surface area (Å²) in [6, 6.07) is 7.81. The summed E-state index contributed by atoms with van der Waals surface area (Å²) in [7, 11) is 0. The number of hydrogen-bond acceptors (Lipinski definition) is 6. The van der Waals surface area contributed by atoms with Crippen LogP contribution in [0.25, 0.3) is 0 Å². The summed E-state index contributed by atoms with van der Waals surface area (Å²) in [5, 5.41) is 16.9. The normalized spacial score (nSPS) is 18.3. The van der Waals surface area contributed by atoms with Gasteiger partial charge in [0.05, 0.1) is 11.5 Å². The Morgan fingerprint density at radius 1 is 1.33 bits per heavy atom. The van der Waals surface area contributed by atoms with Gasteiger partial charge < -0.3 is 19.9 Å². The van der Waals surface area contributed by atoms with Crippen LogP contribution >= 0.6 is 0 Å². The minimum absolute atomic E-state index is 0.0782. The molecule has 0 aliphatic carbocycles. The van der Waals surface area contributed by atoms with Crippen molar-refractivity contribution in [2.45, 2.75) is 25.7 Å². The van der Waals surface area contributed by atoms with Crippen molar-refractivity contribution in [2.75, 3.05) is 6.79 Å². The molecule has 0 bridgehead atoms. The molecule has 2 aliphatic rings. The van der Waals surface area contributed by atoms with E-state index in [1.165, 1.54) is 0 Å². The number of fused-ring (bicyclic) bond motifs is 2. The SMILES string of the molecule is CC(C)c1[nH]nc2c1[C@H](c1ccc3c(c1)OCO3)C(C#N)=C(N)O2. The molecule has 0 radical (unpaired) electrons. The molecule has 1 aromatic heterocycles. The molecule has 0 saturated heterocycles. The van der Waals surface area contributed by atoms with Crippen LogP contribution in [0.2, 0.25) is 0 Å². The van der Waals surface area contributed by atoms with Gasteiger partial charge >= 0.3 is 0 Å². The molecular weight excluding hydrogens is 308 g/mol. The molecule has 7 nitrogen and oxygen atoms in total. The first-order valence-electron chi connectivity index (χ1n) is 7.65. The van der Waals surface area contributed by atoms with Crippen molar-refractivity contribution in [1.82, 2.24) is 10.2 Å². The van der Waals surface area contributed by atoms with E-state index in [2.05, 4.69) is 30.1 Å². The van der Waals surface area contributed by atoms with Gasteiger partial charge in [0.2, 0.25) is 18.6 Å². The number of aromatic nitrogens is 2. The number of hydrogen-bond donors (Lipinski definition) is 2. The number of ether oxygens (including phenoxy) is 3. The number of nitrogens with one attached hydrogen (secondary N) is 1. The first-order chi connectivity index (χ1) is 11.6. The van der Waals surface area contributed by atoms with Crippen LogP contribution in [0.5, 0.6) is 17.4 Å². The van der Waals surface area contributed by atoms with E-state index in [-0.39, 0.29) is 24.5 Å². The Morgan fingerprint density at radius 2 is 2.12 bits per heavy atom. The van der Waals surface area contributed by atoms with Crippen molar-refractivity contribution in [2.24, 2.45) is 5.73 Å². The van der Waals surface area contributed by atoms with Crippen molar-refractivity contribution in [3.05, 3.63) is 46.5 Å². The molecule has 2 aliphatic heterocycles. The Labute approximate surface area is 138 Å². The Balaban J connectivity index is 1.92. The lowest BCUT2D eigenvalue weighted by Gasteiger charge is -2.24. The van der Waals surface area contributed by atoms with Gasteiger partial charge in [-0.2, -0.15) is 5.26 Å². The molecule has 24 heavy (non-hydrogen) atoms. The summed E-state index contributed by atoms with van der Waals surface area (Å²) < 4.78 is 16.4. The summed E-state index contributed by atoms with van der Waals surface area (Å²) in [4.78, 5) is 0. The number of aromatic amines is 1. The maximum Gasteiger partial charge on any atom is 0.244 e. The molecular formula is C17H16N4O3. The molecule has 122 valence electrons. The molecule has 3 heterocycles. The topological polar surface area (TPSA) is 106 Å². The van der Waals surface area contributed by atoms with Gasteiger partial charge in [-0.05, 0) is 23.6 Å². The van der Waals surface area contributed by atoms with Crippen LogP contribution in [0, 0.1) is 11.3 Å². The highest BCUT2D eigenvalue weighted by Gasteiger charge is 2.36. The zero-order chi connectivity index (χ0) is 16.8. The maximum absolute atomic E-state index is 9.62. The zero-order valence-corrected chi connectivity index (χ0v) is 13.3. The van der Waals surface area contributed by atoms with Crippen molar-refractivity contribution in [3.8, 4) is 23.4 Å². The summed E-state index contributed by atoms with van der Waals surface area (Å²) >= 11 is 0. The van der Waals surface area contributed by atoms with Gasteiger partial charge in [-0.15, -0.1) is 5.10 Å². The van der Waals surface area contributed by atoms with Crippen molar-refractivity contribution < 1.29 is 14.2 Å². The van der Waals surface area contributed by atoms with E-state index >= 15 is 0 Å². The summed E-state index contributed by atoms with van der Waals surface area (Å²) in [5.74, 6) is 1.68. The van der Waals surface area contributed by atoms with E-state index in [1.54, 1.807) is 0 Å². The lowest BCUT2D eigenvalue weighted by Crippen LogP contribution is -2.21. The fourth-order valence-electron chi connectivity index (χ4n) is 3.13. The molecule has 1 atom stereocenters. The van der Waals surface area contributed by atoms with Gasteiger partial charge in [-0.25, -0.2) is 0 Å². The molecule has 0 amide bonds. The van der Waals surface area contributed by atoms with E-state index in [9.17, 15) is 5.26 Å². The van der Waals surface area contributed by atoms with Gasteiger partial charge in [-0.1, -0.05) is 19.9 Å². The van der Waals surface area contributed by atoms with Gasteiger partial charge in [0.1, 0.15) is 11.6 Å². The second kappa shape index (κ2) is 5.20. The standard InChI is InChI=1S/C17H16N4O3/c1-8(2)15-14-13(9-3-4-11-12(5-9)23-7-22-11)10(6-18)16(19)24-17(14)21-20-15/h3-5,8,13H,7,19H2,1-2H3,(H,20,21)/t13-/m1/s1. The molecule has 0 saturated carbocycles. The van der Waals surface area contributed by atoms with Crippen LogP contribution in [0.15, 0.2) is 29.7 Å². The fourth-order valence-corrected chi connectivity index (χ4v) is 3.13. The minimum atomic E-state index is -0.357. The first-order valence-corrected chi connectivity index (χ1v) is 7.65. The summed E-state index contributed by atoms with van der Waals surface area (Å²) in [5.41, 5.74) is 8.97. The van der Waals surface area contributed by atoms with Crippen molar-refractivity contribution in [3.63, 3.8) is 0 Å². The number of rotatable bonds is 2. The van der Waals surface area contributed by atoms with E-state index in [0.717, 1.165) is 16.8 Å². The van der Waals surface area contributed by atoms with Crippen LogP contribution in [-0.4, -0.2) is 17.0 Å². The minimum Gasteiger partial charge on any atom is -0.454 e. The van der Waals surface area contributed by atoms with Crippen LogP contribution in [-0.2, 0) is 0 Å². The maximum atomic E-state index is 9.62. The fraction of sp³-hybridized carbons (Fsp3) is 0.294. The molecule has 2 aromatic rings. The highest BCUT2D eigenvalue weighted by atomic mass is 16.7. The predicted molar refractivity (Wildman–Crippen MR) is 84.5 cm³/mol. The first kappa shape index (κ1) is 14.5. The second-order valence-corrected chi connectivity index (χ2v) is 6.05. The quantitative estimate of drug-likeness (QED) is 0.879. The molecule has 0 spiro atoms. The van der Waals surface area contributed by atoms with Gasteiger partial charge in [0, 0.05) is 5.69 Å². The molecule has 1 aromatic carbocycles. The second-order valence-electron chi connectivity index (χ2n) is 6.05. The smallest absolute Gasteiger partial charge is 0.244 e. The van der Waals surface area contributed by atoms with E-state index in [1.807, 2.05) is 18.2 Å². The Hall–Kier alpha value is -3.14. The van der Waals surface area contributed by atoms with E-state index in [0.29, 0.717) is 23.0 Å². The lowest BCUT2D eigenvalue weighted by atomic mass is 9.82. The number of allylic oxidation sites excluding steroid dienone is 1. The average Bonchev–Trinajstić information content (AvgIpc) is 3.18. The van der Waals surface area contributed by atoms with Crippen LogP contribution < -0.4 is 19.9 Å². The van der Waals surface area contributed by atoms with Crippen molar-refractivity contribution in [1.29, 1.82) is 5.26 Å². The van der Waals surface area contributed by atoms with Crippen LogP contribution in [0.3, 0.4) is 0 Å². The zero-order valence-electron chi connectivity index (χ0n) is 13.3. The van der Waals surface area contributed by atoms with E-state index in [4.69, 9.17) is 19.9 Å². The largest absolute Gasteiger partial charge is 0.454 e. The van der Waals surface area contributed by atoms with Crippen molar-refractivity contribution >= 4 is 0 Å². The summed E-state index contributed by atoms with van der Waals surface area (Å²) in [6.45, 7) is 4.31. The number of nitrogens with zero attached hydrogens (tertiary/aromatic N) is 2.